The van der Waals surface area contributed by atoms with Gasteiger partial charge in [0.15, 0.2) is 0 Å². The lowest BCUT2D eigenvalue weighted by Gasteiger charge is -2.34. The number of hydrogen-bond donors (Lipinski definition) is 2. The highest BCUT2D eigenvalue weighted by molar-refractivity contribution is 8.00. The van der Waals surface area contributed by atoms with Crippen LogP contribution < -0.4 is 5.32 Å². The number of hydrogen-bond acceptors (Lipinski definition) is 4. The first-order chi connectivity index (χ1) is 10.3. The molecule has 1 unspecified atom stereocenters. The normalized spacial score (nSPS) is 15.4. The number of alkyl carbamates (subject to hydrolysis) is 1. The van der Waals surface area contributed by atoms with E-state index in [0.717, 1.165) is 0 Å². The van der Waals surface area contributed by atoms with Gasteiger partial charge in [-0.1, -0.05) is 25.6 Å². The molecule has 0 aromatic heterocycles. The maximum absolute atomic E-state index is 12.3. The first-order valence-electron chi connectivity index (χ1n) is 7.57. The lowest BCUT2D eigenvalue weighted by atomic mass is 9.78. The quantitative estimate of drug-likeness (QED) is 0.683. The van der Waals surface area contributed by atoms with E-state index in [2.05, 4.69) is 5.32 Å². The van der Waals surface area contributed by atoms with Crippen LogP contribution in [0.2, 0.25) is 0 Å². The van der Waals surface area contributed by atoms with Crippen LogP contribution in [0.5, 0.6) is 0 Å². The minimum atomic E-state index is -4.29. The Morgan fingerprint density at radius 2 is 1.83 bits per heavy atom. The third-order valence-electron chi connectivity index (χ3n) is 3.08. The average molecular weight is 359 g/mol. The van der Waals surface area contributed by atoms with Crippen LogP contribution >= 0.6 is 11.8 Å². The van der Waals surface area contributed by atoms with E-state index >= 15 is 0 Å². The molecule has 0 spiro atoms. The third-order valence-corrected chi connectivity index (χ3v) is 3.82. The van der Waals surface area contributed by atoms with Crippen molar-refractivity contribution < 1.29 is 27.8 Å². The van der Waals surface area contributed by atoms with Gasteiger partial charge in [0, 0.05) is 17.7 Å². The van der Waals surface area contributed by atoms with Crippen molar-refractivity contribution in [2.75, 3.05) is 18.9 Å². The van der Waals surface area contributed by atoms with Gasteiger partial charge in [0.2, 0.25) is 0 Å². The predicted molar refractivity (Wildman–Crippen MR) is 86.3 cm³/mol. The Morgan fingerprint density at radius 3 is 2.22 bits per heavy atom. The van der Waals surface area contributed by atoms with Crippen LogP contribution in [0.4, 0.5) is 18.0 Å². The van der Waals surface area contributed by atoms with Crippen LogP contribution in [-0.2, 0) is 4.74 Å². The Labute approximate surface area is 140 Å². The fourth-order valence-corrected chi connectivity index (χ4v) is 3.05. The van der Waals surface area contributed by atoms with E-state index in [9.17, 15) is 23.1 Å². The summed E-state index contributed by atoms with van der Waals surface area (Å²) in [6.07, 6.45) is 0.0295. The number of amides is 1. The van der Waals surface area contributed by atoms with Crippen LogP contribution in [0.15, 0.2) is 0 Å². The molecule has 0 heterocycles. The zero-order chi connectivity index (χ0) is 18.3. The Bertz CT molecular complexity index is 370. The molecule has 0 aliphatic carbocycles. The van der Waals surface area contributed by atoms with Crippen LogP contribution in [0.25, 0.3) is 0 Å². The predicted octanol–water partition coefficient (Wildman–Crippen LogP) is 4.18. The van der Waals surface area contributed by atoms with Crippen molar-refractivity contribution in [3.05, 3.63) is 0 Å². The molecule has 0 bridgehead atoms. The molecule has 0 saturated carbocycles. The number of aliphatic hydroxyl groups is 1. The van der Waals surface area contributed by atoms with E-state index in [4.69, 9.17) is 4.74 Å². The molecule has 138 valence electrons. The SMILES string of the molecule is CC(C)CC(CO)(CCSC(F)(F)F)CNC(=O)OC(C)(C)C. The van der Waals surface area contributed by atoms with Crippen molar-refractivity contribution in [2.45, 2.75) is 58.6 Å². The Kier molecular flexibility index (Phi) is 8.76. The lowest BCUT2D eigenvalue weighted by Crippen LogP contribution is -2.43. The van der Waals surface area contributed by atoms with Gasteiger partial charge in [-0.3, -0.25) is 0 Å². The monoisotopic (exact) mass is 359 g/mol. The van der Waals surface area contributed by atoms with E-state index in [-0.39, 0.29) is 43.0 Å². The number of ether oxygens (including phenoxy) is 1. The van der Waals surface area contributed by atoms with Gasteiger partial charge in [0.25, 0.3) is 0 Å². The van der Waals surface area contributed by atoms with Gasteiger partial charge < -0.3 is 15.2 Å². The summed E-state index contributed by atoms with van der Waals surface area (Å²) in [4.78, 5) is 11.7. The Morgan fingerprint density at radius 1 is 1.26 bits per heavy atom. The lowest BCUT2D eigenvalue weighted by molar-refractivity contribution is -0.0331. The molecule has 1 atom stereocenters. The van der Waals surface area contributed by atoms with Gasteiger partial charge in [0.05, 0.1) is 6.61 Å². The molecule has 0 fully saturated rings. The second-order valence-electron chi connectivity index (χ2n) is 7.16. The van der Waals surface area contributed by atoms with Crippen LogP contribution in [-0.4, -0.2) is 41.2 Å². The van der Waals surface area contributed by atoms with Gasteiger partial charge in [-0.25, -0.2) is 4.79 Å². The van der Waals surface area contributed by atoms with Gasteiger partial charge in [-0.05, 0) is 39.5 Å². The molecule has 0 aromatic rings. The third kappa shape index (κ3) is 11.5. The van der Waals surface area contributed by atoms with Crippen molar-refractivity contribution in [2.24, 2.45) is 11.3 Å². The van der Waals surface area contributed by atoms with Crippen molar-refractivity contribution in [1.29, 1.82) is 0 Å². The first kappa shape index (κ1) is 22.4. The molecule has 0 aliphatic heterocycles. The topological polar surface area (TPSA) is 58.6 Å². The van der Waals surface area contributed by atoms with Crippen LogP contribution in [0.3, 0.4) is 0 Å². The molecule has 23 heavy (non-hydrogen) atoms. The molecule has 0 aromatic carbocycles. The highest BCUT2D eigenvalue weighted by atomic mass is 32.2. The zero-order valence-corrected chi connectivity index (χ0v) is 15.2. The number of carbonyl (C=O) groups excluding carboxylic acids is 1. The minimum Gasteiger partial charge on any atom is -0.444 e. The molecule has 2 N–H and O–H groups in total. The summed E-state index contributed by atoms with van der Waals surface area (Å²) in [6.45, 7) is 8.80. The first-order valence-corrected chi connectivity index (χ1v) is 8.55. The van der Waals surface area contributed by atoms with Crippen molar-refractivity contribution >= 4 is 17.9 Å². The van der Waals surface area contributed by atoms with E-state index in [1.54, 1.807) is 20.8 Å². The summed E-state index contributed by atoms with van der Waals surface area (Å²) >= 11 is -0.108. The number of thioether (sulfide) groups is 1. The van der Waals surface area contributed by atoms with E-state index < -0.39 is 22.6 Å². The number of alkyl halides is 3. The van der Waals surface area contributed by atoms with E-state index in [1.165, 1.54) is 0 Å². The summed E-state index contributed by atoms with van der Waals surface area (Å²) in [5.74, 6) is 0.0192. The molecule has 0 radical (unpaired) electrons. The van der Waals surface area contributed by atoms with E-state index in [0.29, 0.717) is 6.42 Å². The van der Waals surface area contributed by atoms with Crippen molar-refractivity contribution in [1.82, 2.24) is 5.32 Å². The highest BCUT2D eigenvalue weighted by Gasteiger charge is 2.34. The van der Waals surface area contributed by atoms with Gasteiger partial charge in [0.1, 0.15) is 5.60 Å². The second-order valence-corrected chi connectivity index (χ2v) is 8.32. The minimum absolute atomic E-state index is 0.0784. The maximum Gasteiger partial charge on any atom is 0.441 e. The fraction of sp³-hybridized carbons (Fsp3) is 0.933. The van der Waals surface area contributed by atoms with Gasteiger partial charge >= 0.3 is 11.6 Å². The smallest absolute Gasteiger partial charge is 0.441 e. The Balaban J connectivity index is 4.74. The van der Waals surface area contributed by atoms with Crippen LogP contribution in [0, 0.1) is 11.3 Å². The molecule has 4 nitrogen and oxygen atoms in total. The summed E-state index contributed by atoms with van der Waals surface area (Å²) in [5.41, 5.74) is -5.74. The number of nitrogens with one attached hydrogen (secondary N) is 1. The number of rotatable bonds is 8. The zero-order valence-electron chi connectivity index (χ0n) is 14.4. The molecular formula is C15H28F3NO3S. The van der Waals surface area contributed by atoms with Gasteiger partial charge in [-0.2, -0.15) is 13.2 Å². The Hall–Kier alpha value is -0.630. The molecular weight excluding hydrogens is 331 g/mol. The molecule has 0 rings (SSSR count). The van der Waals surface area contributed by atoms with Crippen molar-refractivity contribution in [3.8, 4) is 0 Å². The summed E-state index contributed by atoms with van der Waals surface area (Å²) in [5, 5.41) is 12.3. The molecule has 0 aliphatic rings. The summed E-state index contributed by atoms with van der Waals surface area (Å²) < 4.78 is 42.0. The molecule has 0 saturated heterocycles. The van der Waals surface area contributed by atoms with Crippen LogP contribution in [0.1, 0.15) is 47.5 Å². The summed E-state index contributed by atoms with van der Waals surface area (Å²) in [6, 6.07) is 0. The maximum atomic E-state index is 12.3. The molecule has 8 heteroatoms. The van der Waals surface area contributed by atoms with Crippen molar-refractivity contribution in [3.63, 3.8) is 0 Å². The van der Waals surface area contributed by atoms with E-state index in [1.807, 2.05) is 13.8 Å². The second kappa shape index (κ2) is 9.01. The number of aliphatic hydroxyl groups excluding tert-OH is 1. The summed E-state index contributed by atoms with van der Waals surface area (Å²) in [7, 11) is 0. The highest BCUT2D eigenvalue weighted by Crippen LogP contribution is 2.36. The largest absolute Gasteiger partial charge is 0.444 e. The number of halogens is 3. The number of carbonyl (C=O) groups is 1. The van der Waals surface area contributed by atoms with Gasteiger partial charge in [-0.15, -0.1) is 0 Å². The average Bonchev–Trinajstić information content (AvgIpc) is 2.31. The fourth-order valence-electron chi connectivity index (χ4n) is 2.29. The molecule has 1 amide bonds. The standard InChI is InChI=1S/C15H28F3NO3S/c1-11(2)8-14(10-20,6-7-23-15(16,17)18)9-19-12(21)22-13(3,4)5/h11,20H,6-10H2,1-5H3,(H,19,21).